The Morgan fingerprint density at radius 3 is 2.59 bits per heavy atom. The Kier molecular flexibility index (Phi) is 4.85. The first-order valence-electron chi connectivity index (χ1n) is 7.66. The molecule has 0 bridgehead atoms. The molecule has 0 spiro atoms. The van der Waals surface area contributed by atoms with Gasteiger partial charge in [0.15, 0.2) is 0 Å². The Labute approximate surface area is 135 Å². The smallest absolute Gasteiger partial charge is 0.219 e. The average molecular weight is 315 g/mol. The molecule has 22 heavy (non-hydrogen) atoms. The Bertz CT molecular complexity index is 618. The van der Waals surface area contributed by atoms with Crippen LogP contribution >= 0.6 is 11.3 Å². The summed E-state index contributed by atoms with van der Waals surface area (Å²) in [5.41, 5.74) is 1.30. The number of piperazine rings is 1. The highest BCUT2D eigenvalue weighted by Gasteiger charge is 2.19. The molecule has 1 saturated heterocycles. The molecule has 1 fully saturated rings. The van der Waals surface area contributed by atoms with Crippen LogP contribution in [0.25, 0.3) is 0 Å². The van der Waals surface area contributed by atoms with E-state index < -0.39 is 0 Å². The fourth-order valence-electron chi connectivity index (χ4n) is 2.71. The summed E-state index contributed by atoms with van der Waals surface area (Å²) in [4.78, 5) is 21.5. The molecule has 0 aliphatic carbocycles. The van der Waals surface area contributed by atoms with E-state index in [1.807, 2.05) is 17.2 Å². The van der Waals surface area contributed by atoms with Gasteiger partial charge in [0.2, 0.25) is 5.91 Å². The lowest BCUT2D eigenvalue weighted by atomic mass is 10.2. The van der Waals surface area contributed by atoms with E-state index in [1.165, 1.54) is 15.4 Å². The van der Waals surface area contributed by atoms with Crippen LogP contribution < -0.4 is 0 Å². The van der Waals surface area contributed by atoms with Crippen molar-refractivity contribution in [2.75, 3.05) is 26.2 Å². The van der Waals surface area contributed by atoms with Gasteiger partial charge in [-0.05, 0) is 5.56 Å². The van der Waals surface area contributed by atoms with Crippen LogP contribution in [0.5, 0.6) is 0 Å². The van der Waals surface area contributed by atoms with E-state index in [4.69, 9.17) is 0 Å². The van der Waals surface area contributed by atoms with Gasteiger partial charge >= 0.3 is 0 Å². The Morgan fingerprint density at radius 2 is 1.91 bits per heavy atom. The molecule has 2 heterocycles. The average Bonchev–Trinajstić information content (AvgIpc) is 2.96. The molecule has 5 heteroatoms. The third-order valence-electron chi connectivity index (χ3n) is 4.00. The zero-order valence-electron chi connectivity index (χ0n) is 12.9. The Balaban J connectivity index is 1.53. The topological polar surface area (TPSA) is 36.4 Å². The third-order valence-corrected chi connectivity index (χ3v) is 4.98. The van der Waals surface area contributed by atoms with Gasteiger partial charge in [-0.1, -0.05) is 30.3 Å². The maximum absolute atomic E-state index is 11.3. The summed E-state index contributed by atoms with van der Waals surface area (Å²) in [6.07, 6.45) is 2.91. The number of carbonyl (C=O) groups excluding carboxylic acids is 1. The first kappa shape index (κ1) is 15.2. The van der Waals surface area contributed by atoms with Crippen LogP contribution in [0, 0.1) is 0 Å². The van der Waals surface area contributed by atoms with Crippen LogP contribution in [-0.2, 0) is 17.8 Å². The second-order valence-electron chi connectivity index (χ2n) is 5.66. The lowest BCUT2D eigenvalue weighted by molar-refractivity contribution is -0.130. The minimum absolute atomic E-state index is 0.183. The standard InChI is InChI=1S/C17H21N3OS/c1-14(21)20-9-7-19(8-10-20)13-16-12-18-17(22-16)11-15-5-3-2-4-6-15/h2-6,12H,7-11,13H2,1H3. The number of hydrogen-bond acceptors (Lipinski definition) is 4. The van der Waals surface area contributed by atoms with E-state index in [-0.39, 0.29) is 5.91 Å². The number of amides is 1. The second-order valence-corrected chi connectivity index (χ2v) is 6.86. The quantitative estimate of drug-likeness (QED) is 0.869. The number of hydrogen-bond donors (Lipinski definition) is 0. The maximum Gasteiger partial charge on any atom is 0.219 e. The lowest BCUT2D eigenvalue weighted by Crippen LogP contribution is -2.47. The van der Waals surface area contributed by atoms with Gasteiger partial charge in [0.25, 0.3) is 0 Å². The SMILES string of the molecule is CC(=O)N1CCN(Cc2cnc(Cc3ccccc3)s2)CC1. The van der Waals surface area contributed by atoms with Gasteiger partial charge in [-0.2, -0.15) is 0 Å². The van der Waals surface area contributed by atoms with Crippen molar-refractivity contribution in [3.63, 3.8) is 0 Å². The molecule has 3 rings (SSSR count). The van der Waals surface area contributed by atoms with Crippen molar-refractivity contribution in [2.24, 2.45) is 0 Å². The van der Waals surface area contributed by atoms with Crippen molar-refractivity contribution >= 4 is 17.2 Å². The van der Waals surface area contributed by atoms with Crippen LogP contribution in [0.2, 0.25) is 0 Å². The molecule has 0 saturated carbocycles. The summed E-state index contributed by atoms with van der Waals surface area (Å²) in [5.74, 6) is 0.183. The monoisotopic (exact) mass is 315 g/mol. The van der Waals surface area contributed by atoms with Gasteiger partial charge in [0.1, 0.15) is 0 Å². The Morgan fingerprint density at radius 1 is 1.18 bits per heavy atom. The summed E-state index contributed by atoms with van der Waals surface area (Å²) in [7, 11) is 0. The highest BCUT2D eigenvalue weighted by molar-refractivity contribution is 7.11. The van der Waals surface area contributed by atoms with E-state index in [0.717, 1.165) is 39.1 Å². The number of rotatable bonds is 4. The first-order valence-corrected chi connectivity index (χ1v) is 8.48. The molecule has 1 amide bonds. The zero-order chi connectivity index (χ0) is 15.4. The van der Waals surface area contributed by atoms with Gasteiger partial charge in [-0.3, -0.25) is 9.69 Å². The number of nitrogens with zero attached hydrogens (tertiary/aromatic N) is 3. The molecule has 1 aliphatic heterocycles. The van der Waals surface area contributed by atoms with Crippen molar-refractivity contribution < 1.29 is 4.79 Å². The van der Waals surface area contributed by atoms with E-state index in [2.05, 4.69) is 34.1 Å². The fourth-order valence-corrected chi connectivity index (χ4v) is 3.71. The molecule has 4 nitrogen and oxygen atoms in total. The van der Waals surface area contributed by atoms with E-state index in [0.29, 0.717) is 0 Å². The van der Waals surface area contributed by atoms with Crippen LogP contribution in [0.15, 0.2) is 36.5 Å². The van der Waals surface area contributed by atoms with Crippen LogP contribution in [0.4, 0.5) is 0 Å². The molecular formula is C17H21N3OS. The van der Waals surface area contributed by atoms with Crippen molar-refractivity contribution in [1.82, 2.24) is 14.8 Å². The zero-order valence-corrected chi connectivity index (χ0v) is 13.7. The summed E-state index contributed by atoms with van der Waals surface area (Å²) in [5, 5.41) is 1.17. The van der Waals surface area contributed by atoms with Crippen molar-refractivity contribution in [3.05, 3.63) is 52.0 Å². The van der Waals surface area contributed by atoms with Crippen molar-refractivity contribution in [3.8, 4) is 0 Å². The van der Waals surface area contributed by atoms with Gasteiger partial charge < -0.3 is 4.90 Å². The molecule has 2 aromatic rings. The normalized spacial score (nSPS) is 16.0. The first-order chi connectivity index (χ1) is 10.7. The summed E-state index contributed by atoms with van der Waals surface area (Å²) in [6, 6.07) is 10.5. The molecule has 0 atom stereocenters. The molecule has 116 valence electrons. The highest BCUT2D eigenvalue weighted by Crippen LogP contribution is 2.19. The van der Waals surface area contributed by atoms with Crippen LogP contribution in [-0.4, -0.2) is 46.9 Å². The van der Waals surface area contributed by atoms with E-state index in [9.17, 15) is 4.79 Å². The maximum atomic E-state index is 11.3. The van der Waals surface area contributed by atoms with E-state index in [1.54, 1.807) is 18.3 Å². The minimum Gasteiger partial charge on any atom is -0.340 e. The molecule has 1 aliphatic rings. The molecule has 0 radical (unpaired) electrons. The third kappa shape index (κ3) is 3.93. The van der Waals surface area contributed by atoms with E-state index >= 15 is 0 Å². The number of benzene rings is 1. The Hall–Kier alpha value is -1.72. The molecule has 1 aromatic carbocycles. The minimum atomic E-state index is 0.183. The number of aromatic nitrogens is 1. The highest BCUT2D eigenvalue weighted by atomic mass is 32.1. The summed E-state index contributed by atoms with van der Waals surface area (Å²) >= 11 is 1.80. The van der Waals surface area contributed by atoms with Crippen LogP contribution in [0.3, 0.4) is 0 Å². The number of thiazole rings is 1. The predicted octanol–water partition coefficient (Wildman–Crippen LogP) is 2.40. The second kappa shape index (κ2) is 7.03. The van der Waals surface area contributed by atoms with Crippen molar-refractivity contribution in [1.29, 1.82) is 0 Å². The predicted molar refractivity (Wildman–Crippen MR) is 88.9 cm³/mol. The van der Waals surface area contributed by atoms with Gasteiger partial charge in [-0.15, -0.1) is 11.3 Å². The largest absolute Gasteiger partial charge is 0.340 e. The van der Waals surface area contributed by atoms with Crippen LogP contribution in [0.1, 0.15) is 22.4 Å². The fraction of sp³-hybridized carbons (Fsp3) is 0.412. The van der Waals surface area contributed by atoms with Gasteiger partial charge in [0.05, 0.1) is 5.01 Å². The molecule has 1 aromatic heterocycles. The molecule has 0 unspecified atom stereocenters. The van der Waals surface area contributed by atoms with Gasteiger partial charge in [0, 0.05) is 57.1 Å². The number of carbonyl (C=O) groups is 1. The van der Waals surface area contributed by atoms with Crippen molar-refractivity contribution in [2.45, 2.75) is 19.9 Å². The molecular weight excluding hydrogens is 294 g/mol. The molecule has 0 N–H and O–H groups in total. The van der Waals surface area contributed by atoms with Gasteiger partial charge in [-0.25, -0.2) is 4.98 Å². The lowest BCUT2D eigenvalue weighted by Gasteiger charge is -2.33. The summed E-state index contributed by atoms with van der Waals surface area (Å²) < 4.78 is 0. The summed E-state index contributed by atoms with van der Waals surface area (Å²) in [6.45, 7) is 6.17.